The number of ether oxygens (including phenoxy) is 1. The van der Waals surface area contributed by atoms with Crippen LogP contribution in [0, 0.1) is 5.92 Å². The minimum Gasteiger partial charge on any atom is -0.386 e. The molecule has 1 aliphatic rings. The molecule has 1 saturated heterocycles. The summed E-state index contributed by atoms with van der Waals surface area (Å²) in [4.78, 5) is 4.99. The third-order valence-corrected chi connectivity index (χ3v) is 5.11. The van der Waals surface area contributed by atoms with E-state index in [1.165, 1.54) is 0 Å². The van der Waals surface area contributed by atoms with Crippen molar-refractivity contribution in [1.29, 1.82) is 0 Å². The topological polar surface area (TPSA) is 47.3 Å². The molecule has 1 N–H and O–H groups in total. The number of hydrogen-bond acceptors (Lipinski definition) is 3. The van der Waals surface area contributed by atoms with E-state index in [9.17, 15) is 5.11 Å². The summed E-state index contributed by atoms with van der Waals surface area (Å²) < 4.78 is 7.84. The van der Waals surface area contributed by atoms with Crippen LogP contribution in [-0.4, -0.2) is 27.9 Å². The van der Waals surface area contributed by atoms with E-state index >= 15 is 0 Å². The lowest BCUT2D eigenvalue weighted by molar-refractivity contribution is 0.0607. The van der Waals surface area contributed by atoms with Gasteiger partial charge >= 0.3 is 0 Å². The fourth-order valence-electron chi connectivity index (χ4n) is 3.56. The summed E-state index contributed by atoms with van der Waals surface area (Å²) in [6, 6.07) is 8.08. The second-order valence-electron chi connectivity index (χ2n) is 9.05. The van der Waals surface area contributed by atoms with E-state index in [2.05, 4.69) is 37.6 Å². The Balaban J connectivity index is 1.96. The summed E-state index contributed by atoms with van der Waals surface area (Å²) >= 11 is 0. The predicted molar refractivity (Wildman–Crippen MR) is 105 cm³/mol. The Kier molecular flexibility index (Phi) is 5.27. The van der Waals surface area contributed by atoms with Crippen molar-refractivity contribution in [3.63, 3.8) is 0 Å². The molecule has 4 nitrogen and oxygen atoms in total. The van der Waals surface area contributed by atoms with Crippen LogP contribution < -0.4 is 0 Å². The van der Waals surface area contributed by atoms with Gasteiger partial charge in [0.2, 0.25) is 0 Å². The molecule has 0 saturated carbocycles. The second kappa shape index (κ2) is 7.16. The van der Waals surface area contributed by atoms with Crippen LogP contribution in [0.25, 0.3) is 11.3 Å². The van der Waals surface area contributed by atoms with Gasteiger partial charge < -0.3 is 14.4 Å². The molecule has 142 valence electrons. The Morgan fingerprint density at radius 3 is 2.46 bits per heavy atom. The highest BCUT2D eigenvalue weighted by atomic mass is 16.5. The van der Waals surface area contributed by atoms with Crippen LogP contribution in [0.5, 0.6) is 0 Å². The number of rotatable bonds is 4. The van der Waals surface area contributed by atoms with Crippen LogP contribution in [0.15, 0.2) is 30.5 Å². The first-order chi connectivity index (χ1) is 12.1. The van der Waals surface area contributed by atoms with E-state index in [4.69, 9.17) is 9.72 Å². The van der Waals surface area contributed by atoms with Gasteiger partial charge in [0.15, 0.2) is 0 Å². The normalized spacial score (nSPS) is 16.8. The molecule has 0 atom stereocenters. The van der Waals surface area contributed by atoms with Crippen LogP contribution in [-0.2, 0) is 22.3 Å². The zero-order chi connectivity index (χ0) is 18.9. The van der Waals surface area contributed by atoms with Crippen LogP contribution in [0.3, 0.4) is 0 Å². The molecule has 26 heavy (non-hydrogen) atoms. The molecule has 0 bridgehead atoms. The zero-order valence-electron chi connectivity index (χ0n) is 16.7. The second-order valence-corrected chi connectivity index (χ2v) is 9.05. The largest absolute Gasteiger partial charge is 0.386 e. The van der Waals surface area contributed by atoms with Gasteiger partial charge in [0.05, 0.1) is 11.3 Å². The summed E-state index contributed by atoms with van der Waals surface area (Å²) in [6.07, 6.45) is 4.41. The number of aromatic nitrogens is 2. The van der Waals surface area contributed by atoms with Gasteiger partial charge in [-0.25, -0.2) is 4.98 Å². The Hall–Kier alpha value is -1.65. The molecule has 3 rings (SSSR count). The van der Waals surface area contributed by atoms with Crippen molar-refractivity contribution in [1.82, 2.24) is 9.55 Å². The summed E-state index contributed by atoms with van der Waals surface area (Å²) in [5, 5.41) is 10.3. The third kappa shape index (κ3) is 4.36. The van der Waals surface area contributed by atoms with Crippen molar-refractivity contribution in [2.75, 3.05) is 13.2 Å². The molecular weight excluding hydrogens is 324 g/mol. The Bertz CT molecular complexity index is 744. The molecule has 0 amide bonds. The SMILES string of the molecule is CC(C)(C)c1nc(-c2cccc(C(C)(C)O)c2)cn1CC1CCOCC1. The number of imidazole rings is 1. The first-order valence-corrected chi connectivity index (χ1v) is 9.63. The maximum absolute atomic E-state index is 10.3. The molecule has 2 heterocycles. The highest BCUT2D eigenvalue weighted by Crippen LogP contribution is 2.30. The number of nitrogens with zero attached hydrogens (tertiary/aromatic N) is 2. The maximum atomic E-state index is 10.3. The lowest BCUT2D eigenvalue weighted by Crippen LogP contribution is -2.24. The van der Waals surface area contributed by atoms with Gasteiger partial charge in [0, 0.05) is 36.9 Å². The Labute approximate surface area is 157 Å². The number of hydrogen-bond donors (Lipinski definition) is 1. The van der Waals surface area contributed by atoms with Gasteiger partial charge in [0.1, 0.15) is 5.82 Å². The molecule has 1 aromatic heterocycles. The van der Waals surface area contributed by atoms with Crippen molar-refractivity contribution in [2.24, 2.45) is 5.92 Å². The molecule has 1 fully saturated rings. The monoisotopic (exact) mass is 356 g/mol. The quantitative estimate of drug-likeness (QED) is 0.877. The van der Waals surface area contributed by atoms with Gasteiger partial charge in [-0.1, -0.05) is 39.0 Å². The van der Waals surface area contributed by atoms with Gasteiger partial charge in [0.25, 0.3) is 0 Å². The Morgan fingerprint density at radius 2 is 1.85 bits per heavy atom. The van der Waals surface area contributed by atoms with Crippen molar-refractivity contribution >= 4 is 0 Å². The third-order valence-electron chi connectivity index (χ3n) is 5.11. The van der Waals surface area contributed by atoms with Crippen molar-refractivity contribution in [3.8, 4) is 11.3 Å². The summed E-state index contributed by atoms with van der Waals surface area (Å²) in [5.74, 6) is 1.77. The van der Waals surface area contributed by atoms with Gasteiger partial charge in [-0.05, 0) is 44.2 Å². The standard InChI is InChI=1S/C22H32N2O2/c1-21(2,3)20-23-19(15-24(20)14-16-9-11-26-12-10-16)17-7-6-8-18(13-17)22(4,5)25/h6-8,13,15-16,25H,9-12,14H2,1-5H3. The van der Waals surface area contributed by atoms with E-state index in [0.717, 1.165) is 55.2 Å². The molecule has 4 heteroatoms. The highest BCUT2D eigenvalue weighted by molar-refractivity contribution is 5.60. The van der Waals surface area contributed by atoms with Crippen LogP contribution in [0.2, 0.25) is 0 Å². The fraction of sp³-hybridized carbons (Fsp3) is 0.591. The molecule has 1 aliphatic heterocycles. The van der Waals surface area contributed by atoms with Crippen molar-refractivity contribution < 1.29 is 9.84 Å². The molecule has 0 unspecified atom stereocenters. The molecule has 0 spiro atoms. The van der Waals surface area contributed by atoms with Gasteiger partial charge in [-0.15, -0.1) is 0 Å². The lowest BCUT2D eigenvalue weighted by Gasteiger charge is -2.25. The van der Waals surface area contributed by atoms with E-state index in [1.807, 2.05) is 32.0 Å². The molecule has 2 aromatic rings. The first kappa shape index (κ1) is 19.1. The molecule has 0 radical (unpaired) electrons. The summed E-state index contributed by atoms with van der Waals surface area (Å²) in [7, 11) is 0. The van der Waals surface area contributed by atoms with Crippen LogP contribution in [0.1, 0.15) is 58.8 Å². The average molecular weight is 357 g/mol. The van der Waals surface area contributed by atoms with E-state index in [0.29, 0.717) is 5.92 Å². The van der Waals surface area contributed by atoms with Gasteiger partial charge in [-0.3, -0.25) is 0 Å². The predicted octanol–water partition coefficient (Wildman–Crippen LogP) is 4.50. The molecule has 1 aromatic carbocycles. The minimum atomic E-state index is -0.854. The molecule has 0 aliphatic carbocycles. The first-order valence-electron chi connectivity index (χ1n) is 9.63. The smallest absolute Gasteiger partial charge is 0.114 e. The fourth-order valence-corrected chi connectivity index (χ4v) is 3.56. The van der Waals surface area contributed by atoms with E-state index < -0.39 is 5.60 Å². The lowest BCUT2D eigenvalue weighted by atomic mass is 9.94. The number of aliphatic hydroxyl groups is 1. The maximum Gasteiger partial charge on any atom is 0.114 e. The average Bonchev–Trinajstić information content (AvgIpc) is 2.99. The van der Waals surface area contributed by atoms with E-state index in [1.54, 1.807) is 0 Å². The summed E-state index contributed by atoms with van der Waals surface area (Å²) in [5.41, 5.74) is 2.07. The Morgan fingerprint density at radius 1 is 1.15 bits per heavy atom. The van der Waals surface area contributed by atoms with Crippen LogP contribution >= 0.6 is 0 Å². The molecular formula is C22H32N2O2. The van der Waals surface area contributed by atoms with Crippen molar-refractivity contribution in [2.45, 2.75) is 65.0 Å². The van der Waals surface area contributed by atoms with E-state index in [-0.39, 0.29) is 5.41 Å². The van der Waals surface area contributed by atoms with Crippen molar-refractivity contribution in [3.05, 3.63) is 41.9 Å². The minimum absolute atomic E-state index is 0.0166. The summed E-state index contributed by atoms with van der Waals surface area (Å²) in [6.45, 7) is 13.0. The van der Waals surface area contributed by atoms with Gasteiger partial charge in [-0.2, -0.15) is 0 Å². The zero-order valence-corrected chi connectivity index (χ0v) is 16.7. The van der Waals surface area contributed by atoms with Crippen LogP contribution in [0.4, 0.5) is 0 Å². The highest BCUT2D eigenvalue weighted by Gasteiger charge is 2.25. The number of benzene rings is 1.